The van der Waals surface area contributed by atoms with Gasteiger partial charge >= 0.3 is 12.1 Å². The van der Waals surface area contributed by atoms with Crippen molar-refractivity contribution in [2.24, 2.45) is 0 Å². The average Bonchev–Trinajstić information content (AvgIpc) is 2.70. The van der Waals surface area contributed by atoms with Crippen molar-refractivity contribution in [2.75, 3.05) is 25.0 Å². The highest BCUT2D eigenvalue weighted by Crippen LogP contribution is 2.14. The molecule has 0 spiro atoms. The lowest BCUT2D eigenvalue weighted by molar-refractivity contribution is -0.124. The lowest BCUT2D eigenvalue weighted by atomic mass is 10.3. The highest BCUT2D eigenvalue weighted by molar-refractivity contribution is 6.30. The Bertz CT molecular complexity index is 533. The molecule has 2 rings (SSSR count). The molecule has 20 heavy (non-hydrogen) atoms. The summed E-state index contributed by atoms with van der Waals surface area (Å²) in [6, 6.07) is 5.85. The Kier molecular flexibility index (Phi) is 4.41. The molecule has 7 nitrogen and oxygen atoms in total. The van der Waals surface area contributed by atoms with Gasteiger partial charge in [0.1, 0.15) is 0 Å². The molecule has 1 saturated heterocycles. The second-order valence-electron chi connectivity index (χ2n) is 4.10. The molecule has 0 aliphatic carbocycles. The van der Waals surface area contributed by atoms with Crippen LogP contribution in [0.15, 0.2) is 24.3 Å². The SMILES string of the molecule is O=C(NCCN1C(=O)CNC1=O)Nc1cccc(Cl)c1. The molecule has 1 heterocycles. The zero-order valence-corrected chi connectivity index (χ0v) is 11.2. The van der Waals surface area contributed by atoms with Gasteiger partial charge in [-0.05, 0) is 18.2 Å². The van der Waals surface area contributed by atoms with Gasteiger partial charge in [0.25, 0.3) is 0 Å². The molecule has 106 valence electrons. The molecule has 5 amide bonds. The van der Waals surface area contributed by atoms with Crippen molar-refractivity contribution in [2.45, 2.75) is 0 Å². The number of imide groups is 1. The van der Waals surface area contributed by atoms with Crippen molar-refractivity contribution in [3.8, 4) is 0 Å². The molecule has 0 unspecified atom stereocenters. The van der Waals surface area contributed by atoms with Gasteiger partial charge in [0.05, 0.1) is 6.54 Å². The number of carbonyl (C=O) groups is 3. The standard InChI is InChI=1S/C12H13ClN4O3/c13-8-2-1-3-9(6-8)16-11(19)14-4-5-17-10(18)7-15-12(17)20/h1-3,6H,4-5,7H2,(H,15,20)(H2,14,16,19). The lowest BCUT2D eigenvalue weighted by Crippen LogP contribution is -2.39. The molecule has 8 heteroatoms. The number of benzene rings is 1. The quantitative estimate of drug-likeness (QED) is 0.724. The minimum absolute atomic E-state index is 0.00748. The first-order valence-corrected chi connectivity index (χ1v) is 6.32. The Labute approximate surface area is 120 Å². The van der Waals surface area contributed by atoms with E-state index in [-0.39, 0.29) is 25.5 Å². The first kappa shape index (κ1) is 14.1. The van der Waals surface area contributed by atoms with Crippen LogP contribution >= 0.6 is 11.6 Å². The highest BCUT2D eigenvalue weighted by Gasteiger charge is 2.27. The normalized spacial score (nSPS) is 14.2. The molecule has 1 aliphatic heterocycles. The van der Waals surface area contributed by atoms with E-state index in [2.05, 4.69) is 16.0 Å². The molecule has 0 saturated carbocycles. The van der Waals surface area contributed by atoms with Gasteiger partial charge in [-0.3, -0.25) is 9.69 Å². The highest BCUT2D eigenvalue weighted by atomic mass is 35.5. The van der Waals surface area contributed by atoms with Crippen molar-refractivity contribution in [1.82, 2.24) is 15.5 Å². The third-order valence-corrected chi connectivity index (χ3v) is 2.88. The number of hydrogen-bond donors (Lipinski definition) is 3. The van der Waals surface area contributed by atoms with Gasteiger partial charge < -0.3 is 16.0 Å². The molecule has 3 N–H and O–H groups in total. The molecule has 0 atom stereocenters. The van der Waals surface area contributed by atoms with E-state index in [1.807, 2.05) is 0 Å². The first-order chi connectivity index (χ1) is 9.56. The topological polar surface area (TPSA) is 90.5 Å². The van der Waals surface area contributed by atoms with Crippen LogP contribution in [0.5, 0.6) is 0 Å². The Morgan fingerprint density at radius 1 is 1.40 bits per heavy atom. The summed E-state index contributed by atoms with van der Waals surface area (Å²) in [6.45, 7) is 0.312. The Balaban J connectivity index is 1.75. The van der Waals surface area contributed by atoms with Crippen LogP contribution in [-0.4, -0.2) is 42.5 Å². The van der Waals surface area contributed by atoms with Gasteiger partial charge in [-0.25, -0.2) is 9.59 Å². The summed E-state index contributed by atoms with van der Waals surface area (Å²) in [5.74, 6) is -0.299. The van der Waals surface area contributed by atoms with Crippen molar-refractivity contribution in [3.05, 3.63) is 29.3 Å². The molecule has 0 bridgehead atoms. The van der Waals surface area contributed by atoms with Gasteiger partial charge in [-0.15, -0.1) is 0 Å². The summed E-state index contributed by atoms with van der Waals surface area (Å²) in [6.07, 6.45) is 0. The number of urea groups is 2. The van der Waals surface area contributed by atoms with E-state index in [4.69, 9.17) is 11.6 Å². The minimum atomic E-state index is -0.438. The number of nitrogens with one attached hydrogen (secondary N) is 3. The van der Waals surface area contributed by atoms with Crippen molar-refractivity contribution < 1.29 is 14.4 Å². The van der Waals surface area contributed by atoms with Crippen LogP contribution in [-0.2, 0) is 4.79 Å². The molecule has 1 fully saturated rings. The molecule has 1 aromatic carbocycles. The number of amides is 5. The lowest BCUT2D eigenvalue weighted by Gasteiger charge is -2.13. The van der Waals surface area contributed by atoms with Crippen LogP contribution < -0.4 is 16.0 Å². The van der Waals surface area contributed by atoms with E-state index in [1.165, 1.54) is 0 Å². The number of anilines is 1. The summed E-state index contributed by atoms with van der Waals surface area (Å²) < 4.78 is 0. The molecule has 0 radical (unpaired) electrons. The molecule has 1 aliphatic rings. The fourth-order valence-corrected chi connectivity index (χ4v) is 1.89. The average molecular weight is 297 g/mol. The maximum Gasteiger partial charge on any atom is 0.324 e. The number of nitrogens with zero attached hydrogens (tertiary/aromatic N) is 1. The fourth-order valence-electron chi connectivity index (χ4n) is 1.70. The maximum atomic E-state index is 11.6. The molecule has 1 aromatic rings. The monoisotopic (exact) mass is 296 g/mol. The smallest absolute Gasteiger partial charge is 0.324 e. The summed E-state index contributed by atoms with van der Waals surface area (Å²) in [7, 11) is 0. The second-order valence-corrected chi connectivity index (χ2v) is 4.53. The number of halogens is 1. The number of hydrogen-bond acceptors (Lipinski definition) is 3. The van der Waals surface area contributed by atoms with Crippen LogP contribution in [0.25, 0.3) is 0 Å². The zero-order chi connectivity index (χ0) is 14.5. The predicted molar refractivity (Wildman–Crippen MR) is 73.6 cm³/mol. The van der Waals surface area contributed by atoms with E-state index in [0.29, 0.717) is 10.7 Å². The van der Waals surface area contributed by atoms with Gasteiger partial charge in [-0.2, -0.15) is 0 Å². The third kappa shape index (κ3) is 3.61. The predicted octanol–water partition coefficient (Wildman–Crippen LogP) is 1.01. The van der Waals surface area contributed by atoms with Gasteiger partial charge in [-0.1, -0.05) is 17.7 Å². The molecular formula is C12H13ClN4O3. The van der Waals surface area contributed by atoms with Gasteiger partial charge in [0, 0.05) is 23.8 Å². The number of rotatable bonds is 4. The summed E-state index contributed by atoms with van der Waals surface area (Å²) in [5, 5.41) is 8.06. The third-order valence-electron chi connectivity index (χ3n) is 2.64. The first-order valence-electron chi connectivity index (χ1n) is 5.95. The Morgan fingerprint density at radius 2 is 2.20 bits per heavy atom. The number of carbonyl (C=O) groups excluding carboxylic acids is 3. The van der Waals surface area contributed by atoms with Crippen molar-refractivity contribution in [3.63, 3.8) is 0 Å². The van der Waals surface area contributed by atoms with Crippen LogP contribution in [0, 0.1) is 0 Å². The van der Waals surface area contributed by atoms with Crippen LogP contribution in [0.2, 0.25) is 5.02 Å². The van der Waals surface area contributed by atoms with Crippen LogP contribution in [0.1, 0.15) is 0 Å². The molecule has 0 aromatic heterocycles. The van der Waals surface area contributed by atoms with E-state index in [1.54, 1.807) is 24.3 Å². The van der Waals surface area contributed by atoms with Crippen molar-refractivity contribution in [1.29, 1.82) is 0 Å². The van der Waals surface area contributed by atoms with Crippen molar-refractivity contribution >= 4 is 35.3 Å². The summed E-state index contributed by atoms with van der Waals surface area (Å²) in [5.41, 5.74) is 0.560. The van der Waals surface area contributed by atoms with E-state index in [0.717, 1.165) is 4.90 Å². The summed E-state index contributed by atoms with van der Waals surface area (Å²) in [4.78, 5) is 35.2. The second kappa shape index (κ2) is 6.25. The van der Waals surface area contributed by atoms with Gasteiger partial charge in [0.2, 0.25) is 5.91 Å². The minimum Gasteiger partial charge on any atom is -0.336 e. The molecular weight excluding hydrogens is 284 g/mol. The van der Waals surface area contributed by atoms with E-state index < -0.39 is 12.1 Å². The van der Waals surface area contributed by atoms with E-state index in [9.17, 15) is 14.4 Å². The zero-order valence-electron chi connectivity index (χ0n) is 10.5. The summed E-state index contributed by atoms with van der Waals surface area (Å²) >= 11 is 5.79. The Morgan fingerprint density at radius 3 is 2.85 bits per heavy atom. The van der Waals surface area contributed by atoms with Crippen LogP contribution in [0.3, 0.4) is 0 Å². The van der Waals surface area contributed by atoms with E-state index >= 15 is 0 Å². The van der Waals surface area contributed by atoms with Crippen LogP contribution in [0.4, 0.5) is 15.3 Å². The largest absolute Gasteiger partial charge is 0.336 e. The Hall–Kier alpha value is -2.28. The maximum absolute atomic E-state index is 11.6. The van der Waals surface area contributed by atoms with Gasteiger partial charge in [0.15, 0.2) is 0 Å². The fraction of sp³-hybridized carbons (Fsp3) is 0.250.